The highest BCUT2D eigenvalue weighted by atomic mass is 15.3. The molecular weight excluding hydrogens is 356 g/mol. The first-order chi connectivity index (χ1) is 13.6. The molecule has 2 aromatic rings. The molecule has 0 unspecified atom stereocenters. The molecule has 0 aromatic carbocycles. The van der Waals surface area contributed by atoms with Crippen molar-refractivity contribution in [3.63, 3.8) is 0 Å². The molecule has 142 valence electrons. The van der Waals surface area contributed by atoms with E-state index in [1.807, 2.05) is 11.0 Å². The van der Waals surface area contributed by atoms with Gasteiger partial charge in [0.2, 0.25) is 12.2 Å². The van der Waals surface area contributed by atoms with E-state index in [1.54, 1.807) is 18.6 Å². The van der Waals surface area contributed by atoms with Gasteiger partial charge in [-0.1, -0.05) is 0 Å². The van der Waals surface area contributed by atoms with Gasteiger partial charge < -0.3 is 26.3 Å². The highest BCUT2D eigenvalue weighted by Crippen LogP contribution is 2.27. The molecule has 10 heteroatoms. The summed E-state index contributed by atoms with van der Waals surface area (Å²) in [6.45, 7) is 1.16. The summed E-state index contributed by atoms with van der Waals surface area (Å²) in [5.41, 5.74) is 7.28. The lowest BCUT2D eigenvalue weighted by molar-refractivity contribution is 0.204. The fourth-order valence-electron chi connectivity index (χ4n) is 3.32. The predicted octanol–water partition coefficient (Wildman–Crippen LogP) is 1.08. The highest BCUT2D eigenvalue weighted by Gasteiger charge is 2.34. The van der Waals surface area contributed by atoms with E-state index in [4.69, 9.17) is 16.4 Å². The van der Waals surface area contributed by atoms with Crippen molar-refractivity contribution in [3.8, 4) is 12.3 Å². The molecule has 0 aliphatic carbocycles. The van der Waals surface area contributed by atoms with Crippen molar-refractivity contribution in [2.45, 2.75) is 24.8 Å². The third-order valence-electron chi connectivity index (χ3n) is 4.94. The molecule has 1 aliphatic heterocycles. The number of aromatic amines is 1. The van der Waals surface area contributed by atoms with Gasteiger partial charge in [-0.25, -0.2) is 9.97 Å². The third kappa shape index (κ3) is 3.76. The number of aromatic nitrogens is 3. The molecule has 28 heavy (non-hydrogen) atoms. The summed E-state index contributed by atoms with van der Waals surface area (Å²) >= 11 is 0. The zero-order valence-electron chi connectivity index (χ0n) is 15.2. The van der Waals surface area contributed by atoms with Crippen molar-refractivity contribution in [1.29, 1.82) is 15.9 Å². The Kier molecular flexibility index (Phi) is 5.51. The summed E-state index contributed by atoms with van der Waals surface area (Å²) in [6, 6.07) is 4.11. The molecule has 0 bridgehead atoms. The van der Waals surface area contributed by atoms with Crippen molar-refractivity contribution in [1.82, 2.24) is 25.2 Å². The Morgan fingerprint density at radius 3 is 2.89 bits per heavy atom. The Hall–Kier alpha value is -3.92. The van der Waals surface area contributed by atoms with E-state index >= 15 is 0 Å². The smallest absolute Gasteiger partial charge is 0.209 e. The predicted molar refractivity (Wildman–Crippen MR) is 105 cm³/mol. The molecule has 0 atom stereocenters. The van der Waals surface area contributed by atoms with Crippen LogP contribution in [0.2, 0.25) is 0 Å². The summed E-state index contributed by atoms with van der Waals surface area (Å²) in [7, 11) is 0. The van der Waals surface area contributed by atoms with Crippen LogP contribution < -0.4 is 11.1 Å². The number of H-pyrrole nitrogens is 1. The molecule has 10 nitrogen and oxygen atoms in total. The van der Waals surface area contributed by atoms with E-state index in [0.717, 1.165) is 5.39 Å². The average Bonchev–Trinajstić information content (AvgIpc) is 3.19. The van der Waals surface area contributed by atoms with Crippen molar-refractivity contribution in [2.24, 2.45) is 10.7 Å². The summed E-state index contributed by atoms with van der Waals surface area (Å²) < 4.78 is 0. The number of likely N-dealkylation sites (tertiary alicyclic amines) is 1. The fourth-order valence-corrected chi connectivity index (χ4v) is 3.32. The summed E-state index contributed by atoms with van der Waals surface area (Å²) in [6.07, 6.45) is 9.49. The Bertz CT molecular complexity index is 995. The maximum Gasteiger partial charge on any atom is 0.209 e. The van der Waals surface area contributed by atoms with Gasteiger partial charge in [0.1, 0.15) is 12.0 Å². The van der Waals surface area contributed by atoms with E-state index in [9.17, 15) is 5.26 Å². The topological polar surface area (TPSA) is 167 Å². The maximum absolute atomic E-state index is 9.31. The maximum atomic E-state index is 9.31. The van der Waals surface area contributed by atoms with Crippen LogP contribution in [0.25, 0.3) is 16.6 Å². The first-order valence-electron chi connectivity index (χ1n) is 8.73. The van der Waals surface area contributed by atoms with Gasteiger partial charge in [0.05, 0.1) is 23.7 Å². The molecule has 2 aromatic heterocycles. The normalized spacial score (nSPS) is 17.0. The minimum Gasteiger partial charge on any atom is -0.384 e. The Balaban J connectivity index is 1.82. The number of nitrogens with one attached hydrogen (secondary N) is 3. The van der Waals surface area contributed by atoms with Crippen molar-refractivity contribution < 1.29 is 0 Å². The zero-order chi connectivity index (χ0) is 20.0. The molecule has 0 amide bonds. The van der Waals surface area contributed by atoms with E-state index < -0.39 is 5.54 Å². The van der Waals surface area contributed by atoms with E-state index in [1.165, 1.54) is 12.5 Å². The van der Waals surface area contributed by atoms with Crippen molar-refractivity contribution >= 4 is 28.8 Å². The van der Waals surface area contributed by atoms with Gasteiger partial charge >= 0.3 is 0 Å². The molecular formula is C18H20N10. The molecule has 3 heterocycles. The number of fused-ring (bicyclic) bond motifs is 1. The second-order valence-electron chi connectivity index (χ2n) is 6.52. The number of piperidine rings is 1. The third-order valence-corrected chi connectivity index (χ3v) is 4.94. The van der Waals surface area contributed by atoms with Gasteiger partial charge in [0.15, 0.2) is 0 Å². The number of rotatable bonds is 5. The number of aliphatic imine (C=N–C) groups is 1. The van der Waals surface area contributed by atoms with Gasteiger partial charge in [0, 0.05) is 42.7 Å². The largest absolute Gasteiger partial charge is 0.384 e. The van der Waals surface area contributed by atoms with E-state index in [-0.39, 0.29) is 5.96 Å². The van der Waals surface area contributed by atoms with Crippen LogP contribution in [0.4, 0.5) is 0 Å². The number of hydrogen-bond donors (Lipinski definition) is 4. The Morgan fingerprint density at radius 2 is 2.21 bits per heavy atom. The lowest BCUT2D eigenvalue weighted by atomic mass is 9.85. The first-order valence-corrected chi connectivity index (χ1v) is 8.73. The van der Waals surface area contributed by atoms with Crippen LogP contribution in [0.15, 0.2) is 29.8 Å². The fraction of sp³-hybridized carbons (Fsp3) is 0.333. The van der Waals surface area contributed by atoms with Gasteiger partial charge in [-0.05, 0) is 18.9 Å². The SMILES string of the molecule is N#CCC1(N/C=C(\C=N)c2ncnc3[nH]ccc23)CCN(/C(N)=N\C#N)CC1. The Morgan fingerprint density at radius 1 is 1.43 bits per heavy atom. The second-order valence-corrected chi connectivity index (χ2v) is 6.52. The lowest BCUT2D eigenvalue weighted by Gasteiger charge is -2.41. The molecule has 0 radical (unpaired) electrons. The molecule has 5 N–H and O–H groups in total. The number of nitrogens with two attached hydrogens (primary N) is 1. The van der Waals surface area contributed by atoms with Crippen LogP contribution in [0.3, 0.4) is 0 Å². The van der Waals surface area contributed by atoms with Crippen LogP contribution >= 0.6 is 0 Å². The van der Waals surface area contributed by atoms with Gasteiger partial charge in [-0.2, -0.15) is 10.5 Å². The minimum absolute atomic E-state index is 0.194. The zero-order valence-corrected chi connectivity index (χ0v) is 15.2. The van der Waals surface area contributed by atoms with Gasteiger partial charge in [-0.15, -0.1) is 4.99 Å². The van der Waals surface area contributed by atoms with Crippen LogP contribution in [0.1, 0.15) is 25.0 Å². The second kappa shape index (κ2) is 8.18. The number of hydrogen-bond acceptors (Lipinski definition) is 7. The number of nitriles is 2. The van der Waals surface area contributed by atoms with Crippen LogP contribution in [0.5, 0.6) is 0 Å². The summed E-state index contributed by atoms with van der Waals surface area (Å²) in [4.78, 5) is 16.9. The van der Waals surface area contributed by atoms with E-state index in [0.29, 0.717) is 49.3 Å². The highest BCUT2D eigenvalue weighted by molar-refractivity contribution is 6.11. The summed E-state index contributed by atoms with van der Waals surface area (Å²) in [5.74, 6) is 0.194. The summed E-state index contributed by atoms with van der Waals surface area (Å²) in [5, 5.41) is 29.9. The van der Waals surface area contributed by atoms with Crippen LogP contribution in [0, 0.1) is 28.2 Å². The average molecular weight is 376 g/mol. The quantitative estimate of drug-likeness (QED) is 0.344. The number of guanidine groups is 1. The van der Waals surface area contributed by atoms with Crippen molar-refractivity contribution in [2.75, 3.05) is 13.1 Å². The molecule has 3 rings (SSSR count). The van der Waals surface area contributed by atoms with Gasteiger partial charge in [0.25, 0.3) is 0 Å². The number of allylic oxidation sites excluding steroid dienone is 1. The van der Waals surface area contributed by atoms with Gasteiger partial charge in [-0.3, -0.25) is 0 Å². The monoisotopic (exact) mass is 376 g/mol. The minimum atomic E-state index is -0.448. The lowest BCUT2D eigenvalue weighted by Crippen LogP contribution is -2.54. The molecule has 1 saturated heterocycles. The van der Waals surface area contributed by atoms with Crippen LogP contribution in [-0.4, -0.2) is 50.7 Å². The van der Waals surface area contributed by atoms with Crippen molar-refractivity contribution in [3.05, 3.63) is 30.5 Å². The number of nitrogens with zero attached hydrogens (tertiary/aromatic N) is 6. The molecule has 0 spiro atoms. The Labute approximate surface area is 161 Å². The standard InChI is InChI=1S/C18H20N10/c19-5-2-18(3-7-28(8-4-18)17(22)24-11-21)27-10-13(9-20)15-14-1-6-23-16(14)26-12-25-15/h1,6,9-10,12,20,27H,2-4,7-8H2,(H2,22,24)(H,23,25,26)/b13-10+,20-9?. The first kappa shape index (κ1) is 18.9. The molecule has 1 aliphatic rings. The van der Waals surface area contributed by atoms with E-state index in [2.05, 4.69) is 31.3 Å². The molecule has 0 saturated carbocycles. The molecule has 1 fully saturated rings. The van der Waals surface area contributed by atoms with Crippen LogP contribution in [-0.2, 0) is 0 Å².